The van der Waals surface area contributed by atoms with Crippen molar-refractivity contribution in [2.75, 3.05) is 13.2 Å². The van der Waals surface area contributed by atoms with E-state index in [1.807, 2.05) is 0 Å². The number of nitrogens with one attached hydrogen (secondary N) is 2. The molecule has 3 amide bonds. The first kappa shape index (κ1) is 19.2. The third-order valence-electron chi connectivity index (χ3n) is 3.98. The van der Waals surface area contributed by atoms with E-state index in [-0.39, 0.29) is 25.4 Å². The van der Waals surface area contributed by atoms with Crippen LogP contribution in [-0.4, -0.2) is 48.0 Å². The molecule has 2 rings (SSSR count). The summed E-state index contributed by atoms with van der Waals surface area (Å²) < 4.78 is 5.35. The lowest BCUT2D eigenvalue weighted by Crippen LogP contribution is -2.43. The number of hydrogen-bond donors (Lipinski definition) is 4. The second-order valence-electron chi connectivity index (χ2n) is 5.92. The topological polar surface area (TPSA) is 148 Å². The van der Waals surface area contributed by atoms with Gasteiger partial charge in [0.2, 0.25) is 0 Å². The summed E-state index contributed by atoms with van der Waals surface area (Å²) in [7, 11) is 0. The van der Waals surface area contributed by atoms with Crippen LogP contribution < -0.4 is 21.1 Å². The van der Waals surface area contributed by atoms with Gasteiger partial charge in [0.1, 0.15) is 11.8 Å². The van der Waals surface area contributed by atoms with Crippen LogP contribution in [0, 0.1) is 0 Å². The van der Waals surface area contributed by atoms with Crippen LogP contribution in [-0.2, 0) is 16.0 Å². The van der Waals surface area contributed by atoms with Gasteiger partial charge in [0, 0.05) is 18.5 Å². The number of urea groups is 1. The Labute approximate surface area is 149 Å². The third-order valence-corrected chi connectivity index (χ3v) is 3.98. The Hall–Kier alpha value is -3.10. The molecule has 140 valence electrons. The molecule has 0 saturated carbocycles. The minimum atomic E-state index is -1.18. The SMILES string of the molecule is NC(=O)NCCCC(NC(=O)COc1ccc2c(c1)C(=O)CC2)C(=O)O. The van der Waals surface area contributed by atoms with Crippen molar-refractivity contribution in [2.45, 2.75) is 31.7 Å². The first-order valence-corrected chi connectivity index (χ1v) is 8.21. The Balaban J connectivity index is 1.80. The van der Waals surface area contributed by atoms with Crippen molar-refractivity contribution in [2.24, 2.45) is 5.73 Å². The molecule has 26 heavy (non-hydrogen) atoms. The number of aliphatic carboxylic acids is 1. The molecule has 0 aromatic heterocycles. The van der Waals surface area contributed by atoms with Gasteiger partial charge >= 0.3 is 12.0 Å². The maximum absolute atomic E-state index is 11.9. The monoisotopic (exact) mass is 363 g/mol. The van der Waals surface area contributed by atoms with Gasteiger partial charge in [0.25, 0.3) is 5.91 Å². The van der Waals surface area contributed by atoms with Crippen molar-refractivity contribution in [3.63, 3.8) is 0 Å². The standard InChI is InChI=1S/C17H21N3O6/c18-17(25)19-7-1-2-13(16(23)24)20-15(22)9-26-11-5-3-10-4-6-14(21)12(10)8-11/h3,5,8,13H,1-2,4,6-7,9H2,(H,20,22)(H,23,24)(H3,18,19,25). The molecule has 0 heterocycles. The summed E-state index contributed by atoms with van der Waals surface area (Å²) in [5.41, 5.74) is 6.48. The molecule has 1 atom stereocenters. The van der Waals surface area contributed by atoms with Gasteiger partial charge in [-0.05, 0) is 37.0 Å². The van der Waals surface area contributed by atoms with Crippen LogP contribution >= 0.6 is 0 Å². The van der Waals surface area contributed by atoms with Crippen molar-refractivity contribution < 1.29 is 29.0 Å². The molecule has 0 saturated heterocycles. The van der Waals surface area contributed by atoms with Gasteiger partial charge in [-0.1, -0.05) is 6.07 Å². The van der Waals surface area contributed by atoms with Crippen LogP contribution in [0.3, 0.4) is 0 Å². The number of fused-ring (bicyclic) bond motifs is 1. The lowest BCUT2D eigenvalue weighted by atomic mass is 10.1. The number of carbonyl (C=O) groups excluding carboxylic acids is 3. The third kappa shape index (κ3) is 5.47. The molecule has 1 aromatic rings. The molecule has 0 aliphatic heterocycles. The molecule has 5 N–H and O–H groups in total. The van der Waals surface area contributed by atoms with E-state index in [9.17, 15) is 19.2 Å². The Bertz CT molecular complexity index is 718. The first-order valence-electron chi connectivity index (χ1n) is 8.21. The number of hydrogen-bond acceptors (Lipinski definition) is 5. The molecule has 9 heteroatoms. The highest BCUT2D eigenvalue weighted by Gasteiger charge is 2.21. The number of carbonyl (C=O) groups is 4. The van der Waals surface area contributed by atoms with Gasteiger partial charge in [-0.2, -0.15) is 0 Å². The number of ether oxygens (including phenoxy) is 1. The highest BCUT2D eigenvalue weighted by Crippen LogP contribution is 2.26. The highest BCUT2D eigenvalue weighted by atomic mass is 16.5. The fourth-order valence-electron chi connectivity index (χ4n) is 2.67. The smallest absolute Gasteiger partial charge is 0.326 e. The van der Waals surface area contributed by atoms with E-state index < -0.39 is 23.9 Å². The van der Waals surface area contributed by atoms with Crippen molar-refractivity contribution in [3.8, 4) is 5.75 Å². The van der Waals surface area contributed by atoms with E-state index in [1.54, 1.807) is 18.2 Å². The lowest BCUT2D eigenvalue weighted by Gasteiger charge is -2.15. The average Bonchev–Trinajstić information content (AvgIpc) is 2.96. The number of aryl methyl sites for hydroxylation is 1. The molecule has 0 bridgehead atoms. The second-order valence-corrected chi connectivity index (χ2v) is 5.92. The molecule has 0 fully saturated rings. The van der Waals surface area contributed by atoms with E-state index in [0.717, 1.165) is 5.56 Å². The second kappa shape index (κ2) is 8.84. The number of amides is 3. The van der Waals surface area contributed by atoms with Crippen molar-refractivity contribution >= 4 is 23.7 Å². The van der Waals surface area contributed by atoms with Gasteiger partial charge in [-0.15, -0.1) is 0 Å². The van der Waals surface area contributed by atoms with E-state index in [4.69, 9.17) is 15.6 Å². The van der Waals surface area contributed by atoms with E-state index >= 15 is 0 Å². The molecular weight excluding hydrogens is 342 g/mol. The minimum Gasteiger partial charge on any atom is -0.484 e. The quantitative estimate of drug-likeness (QED) is 0.461. The number of ketones is 1. The summed E-state index contributed by atoms with van der Waals surface area (Å²) in [6, 6.07) is 3.28. The summed E-state index contributed by atoms with van der Waals surface area (Å²) in [4.78, 5) is 45.4. The van der Waals surface area contributed by atoms with Crippen molar-refractivity contribution in [1.29, 1.82) is 0 Å². The highest BCUT2D eigenvalue weighted by molar-refractivity contribution is 6.00. The number of rotatable bonds is 9. The zero-order valence-electron chi connectivity index (χ0n) is 14.1. The number of carboxylic acid groups (broad SMARTS) is 1. The Morgan fingerprint density at radius 3 is 2.73 bits per heavy atom. The fraction of sp³-hybridized carbons (Fsp3) is 0.412. The summed E-state index contributed by atoms with van der Waals surface area (Å²) in [5.74, 6) is -1.34. The van der Waals surface area contributed by atoms with Crippen molar-refractivity contribution in [3.05, 3.63) is 29.3 Å². The van der Waals surface area contributed by atoms with Gasteiger partial charge in [-0.25, -0.2) is 9.59 Å². The molecule has 1 aromatic carbocycles. The van der Waals surface area contributed by atoms with Gasteiger partial charge in [-0.3, -0.25) is 9.59 Å². The molecule has 9 nitrogen and oxygen atoms in total. The van der Waals surface area contributed by atoms with E-state index in [2.05, 4.69) is 10.6 Å². The molecule has 1 unspecified atom stereocenters. The zero-order valence-corrected chi connectivity index (χ0v) is 14.1. The van der Waals surface area contributed by atoms with Crippen LogP contribution in [0.2, 0.25) is 0 Å². The lowest BCUT2D eigenvalue weighted by molar-refractivity contribution is -0.142. The van der Waals surface area contributed by atoms with Crippen LogP contribution in [0.1, 0.15) is 35.2 Å². The Morgan fingerprint density at radius 1 is 1.27 bits per heavy atom. The average molecular weight is 363 g/mol. The molecular formula is C17H21N3O6. The molecule has 0 spiro atoms. The first-order chi connectivity index (χ1) is 12.4. The van der Waals surface area contributed by atoms with Crippen molar-refractivity contribution in [1.82, 2.24) is 10.6 Å². The Kier molecular flexibility index (Phi) is 6.54. The summed E-state index contributed by atoms with van der Waals surface area (Å²) >= 11 is 0. The normalized spacial score (nSPS) is 13.6. The van der Waals surface area contributed by atoms with Crippen LogP contribution in [0.4, 0.5) is 4.79 Å². The molecule has 1 aliphatic carbocycles. The number of carboxylic acids is 1. The number of nitrogens with two attached hydrogens (primary N) is 1. The fourth-order valence-corrected chi connectivity index (χ4v) is 2.67. The van der Waals surface area contributed by atoms with E-state index in [1.165, 1.54) is 0 Å². The largest absolute Gasteiger partial charge is 0.484 e. The van der Waals surface area contributed by atoms with Gasteiger partial charge < -0.3 is 26.2 Å². The van der Waals surface area contributed by atoms with Crippen LogP contribution in [0.25, 0.3) is 0 Å². The summed E-state index contributed by atoms with van der Waals surface area (Å²) in [6.45, 7) is -0.148. The number of Topliss-reactive ketones (excluding diaryl/α,β-unsaturated/α-hetero) is 1. The van der Waals surface area contributed by atoms with Gasteiger partial charge in [0.15, 0.2) is 12.4 Å². The maximum atomic E-state index is 11.9. The summed E-state index contributed by atoms with van der Waals surface area (Å²) in [5, 5.41) is 13.9. The molecule has 0 radical (unpaired) electrons. The minimum absolute atomic E-state index is 0.0467. The van der Waals surface area contributed by atoms with Crippen LogP contribution in [0.15, 0.2) is 18.2 Å². The van der Waals surface area contributed by atoms with Crippen LogP contribution in [0.5, 0.6) is 5.75 Å². The zero-order chi connectivity index (χ0) is 19.1. The maximum Gasteiger partial charge on any atom is 0.326 e. The number of primary amides is 1. The summed E-state index contributed by atoms with van der Waals surface area (Å²) in [6.07, 6.45) is 1.66. The van der Waals surface area contributed by atoms with E-state index in [0.29, 0.717) is 30.6 Å². The predicted molar refractivity (Wildman–Crippen MR) is 91.0 cm³/mol. The predicted octanol–water partition coefficient (Wildman–Crippen LogP) is 0.212. The molecule has 1 aliphatic rings. The Morgan fingerprint density at radius 2 is 2.04 bits per heavy atom. The van der Waals surface area contributed by atoms with Gasteiger partial charge in [0.05, 0.1) is 0 Å². The number of benzene rings is 1.